The zero-order chi connectivity index (χ0) is 19.7. The Morgan fingerprint density at radius 3 is 2.27 bits per heavy atom. The monoisotopic (exact) mass is 393 g/mol. The van der Waals surface area contributed by atoms with Gasteiger partial charge in [-0.15, -0.1) is 0 Å². The van der Waals surface area contributed by atoms with Crippen LogP contribution >= 0.6 is 0 Å². The zero-order valence-corrected chi connectivity index (χ0v) is 14.0. The van der Waals surface area contributed by atoms with Gasteiger partial charge in [0.25, 0.3) is 15.7 Å². The predicted molar refractivity (Wildman–Crippen MR) is 81.9 cm³/mol. The highest BCUT2D eigenvalue weighted by atomic mass is 32.2. The van der Waals surface area contributed by atoms with Crippen LogP contribution in [0.4, 0.5) is 22.0 Å². The second kappa shape index (κ2) is 7.02. The van der Waals surface area contributed by atoms with Gasteiger partial charge in [0.15, 0.2) is 0 Å². The lowest BCUT2D eigenvalue weighted by atomic mass is 10.1. The van der Waals surface area contributed by atoms with Crippen LogP contribution in [0.3, 0.4) is 0 Å². The number of alkyl halides is 3. The van der Waals surface area contributed by atoms with Crippen LogP contribution in [0.25, 0.3) is 0 Å². The minimum Gasteiger partial charge on any atom is -0.345 e. The molecule has 2 aromatic carbocycles. The molecule has 0 saturated carbocycles. The lowest BCUT2D eigenvalue weighted by Crippen LogP contribution is -2.31. The first-order chi connectivity index (χ1) is 11.9. The molecule has 26 heavy (non-hydrogen) atoms. The summed E-state index contributed by atoms with van der Waals surface area (Å²) in [4.78, 5) is 11.1. The molecule has 0 bridgehead atoms. The summed E-state index contributed by atoms with van der Waals surface area (Å²) in [5, 5.41) is 2.20. The van der Waals surface area contributed by atoms with Crippen LogP contribution in [-0.4, -0.2) is 19.8 Å². The molecule has 1 atom stereocenters. The first-order valence-electron chi connectivity index (χ1n) is 7.11. The topological polar surface area (TPSA) is 63.2 Å². The Morgan fingerprint density at radius 1 is 1.08 bits per heavy atom. The number of hydrogen-bond donors (Lipinski definition) is 1. The molecule has 140 valence electrons. The van der Waals surface area contributed by atoms with Gasteiger partial charge < -0.3 is 5.32 Å². The predicted octanol–water partition coefficient (Wildman–Crippen LogP) is 3.75. The van der Waals surface area contributed by atoms with E-state index in [-0.39, 0.29) is 5.56 Å². The van der Waals surface area contributed by atoms with Gasteiger partial charge in [-0.05, 0) is 25.1 Å². The minimum absolute atomic E-state index is 0.115. The summed E-state index contributed by atoms with van der Waals surface area (Å²) in [6.45, 7) is 1.31. The van der Waals surface area contributed by atoms with Crippen molar-refractivity contribution >= 4 is 15.7 Å². The van der Waals surface area contributed by atoms with Crippen molar-refractivity contribution in [2.24, 2.45) is 0 Å². The summed E-state index contributed by atoms with van der Waals surface area (Å²) in [6, 6.07) is 5.33. The number of hydrogen-bond acceptors (Lipinski definition) is 3. The Balaban J connectivity index is 2.37. The second-order valence-corrected chi connectivity index (χ2v) is 7.22. The molecular weight excluding hydrogens is 381 g/mol. The molecule has 0 aliphatic rings. The number of nitrogens with one attached hydrogen (secondary N) is 1. The number of rotatable bonds is 4. The van der Waals surface area contributed by atoms with E-state index in [1.807, 2.05) is 0 Å². The molecule has 0 spiro atoms. The summed E-state index contributed by atoms with van der Waals surface area (Å²) < 4.78 is 88.2. The molecule has 10 heteroatoms. The number of benzene rings is 2. The Hall–Kier alpha value is -2.49. The van der Waals surface area contributed by atoms with Gasteiger partial charge in [-0.2, -0.15) is 13.2 Å². The second-order valence-electron chi connectivity index (χ2n) is 5.31. The van der Waals surface area contributed by atoms with Crippen LogP contribution < -0.4 is 5.32 Å². The van der Waals surface area contributed by atoms with E-state index in [0.717, 1.165) is 24.3 Å². The third kappa shape index (κ3) is 3.85. The summed E-state index contributed by atoms with van der Waals surface area (Å²) in [7, 11) is -5.75. The van der Waals surface area contributed by atoms with Gasteiger partial charge in [0.1, 0.15) is 11.6 Å². The Morgan fingerprint density at radius 2 is 1.69 bits per heavy atom. The van der Waals surface area contributed by atoms with E-state index in [0.29, 0.717) is 12.1 Å². The van der Waals surface area contributed by atoms with E-state index in [1.54, 1.807) is 0 Å². The average Bonchev–Trinajstić information content (AvgIpc) is 2.53. The van der Waals surface area contributed by atoms with Crippen molar-refractivity contribution in [2.45, 2.75) is 23.4 Å². The third-order valence-corrected chi connectivity index (χ3v) is 5.05. The molecule has 0 aliphatic carbocycles. The maximum absolute atomic E-state index is 13.7. The van der Waals surface area contributed by atoms with Crippen LogP contribution in [0.1, 0.15) is 28.9 Å². The maximum atomic E-state index is 13.7. The fourth-order valence-corrected chi connectivity index (χ4v) is 3.18. The van der Waals surface area contributed by atoms with Gasteiger partial charge in [0.2, 0.25) is 0 Å². The highest BCUT2D eigenvalue weighted by Gasteiger charge is 2.48. The quantitative estimate of drug-likeness (QED) is 0.805. The summed E-state index contributed by atoms with van der Waals surface area (Å²) in [5.41, 5.74) is -6.44. The normalized spacial score (nSPS) is 13.3. The smallest absolute Gasteiger partial charge is 0.345 e. The molecule has 1 unspecified atom stereocenters. The fraction of sp³-hybridized carbons (Fsp3) is 0.188. The van der Waals surface area contributed by atoms with E-state index < -0.39 is 49.4 Å². The Bertz CT molecular complexity index is 941. The average molecular weight is 393 g/mol. The summed E-state index contributed by atoms with van der Waals surface area (Å²) in [5.74, 6) is -2.95. The SMILES string of the molecule is CC(NC(=O)c1ccccc1S(=O)(=O)C(F)(F)F)c1ccc(F)cc1F. The molecule has 0 aliphatic heterocycles. The molecule has 2 aromatic rings. The van der Waals surface area contributed by atoms with E-state index >= 15 is 0 Å². The number of halogens is 5. The van der Waals surface area contributed by atoms with Gasteiger partial charge in [0.05, 0.1) is 16.5 Å². The summed E-state index contributed by atoms with van der Waals surface area (Å²) >= 11 is 0. The summed E-state index contributed by atoms with van der Waals surface area (Å²) in [6.07, 6.45) is 0. The van der Waals surface area contributed by atoms with Crippen LogP contribution in [0.15, 0.2) is 47.4 Å². The number of sulfone groups is 1. The van der Waals surface area contributed by atoms with Gasteiger partial charge >= 0.3 is 5.51 Å². The van der Waals surface area contributed by atoms with Crippen molar-refractivity contribution in [1.82, 2.24) is 5.32 Å². The molecule has 0 heterocycles. The minimum atomic E-state index is -5.75. The van der Waals surface area contributed by atoms with E-state index in [1.165, 1.54) is 13.0 Å². The molecule has 0 fully saturated rings. The third-order valence-electron chi connectivity index (χ3n) is 3.50. The Labute approximate surface area is 145 Å². The van der Waals surface area contributed by atoms with Crippen LogP contribution in [-0.2, 0) is 9.84 Å². The van der Waals surface area contributed by atoms with E-state index in [4.69, 9.17) is 0 Å². The van der Waals surface area contributed by atoms with Crippen molar-refractivity contribution in [2.75, 3.05) is 0 Å². The highest BCUT2D eigenvalue weighted by Crippen LogP contribution is 2.32. The van der Waals surface area contributed by atoms with E-state index in [9.17, 15) is 35.2 Å². The van der Waals surface area contributed by atoms with Gasteiger partial charge in [-0.1, -0.05) is 18.2 Å². The number of carbonyl (C=O) groups is 1. The molecule has 2 rings (SSSR count). The van der Waals surface area contributed by atoms with Crippen molar-refractivity contribution in [3.8, 4) is 0 Å². The van der Waals surface area contributed by atoms with Crippen molar-refractivity contribution in [3.63, 3.8) is 0 Å². The lowest BCUT2D eigenvalue weighted by Gasteiger charge is -2.17. The molecule has 0 radical (unpaired) electrons. The molecule has 4 nitrogen and oxygen atoms in total. The van der Waals surface area contributed by atoms with Crippen LogP contribution in [0.5, 0.6) is 0 Å². The molecule has 0 aromatic heterocycles. The Kier molecular flexibility index (Phi) is 5.36. The van der Waals surface area contributed by atoms with Crippen LogP contribution in [0.2, 0.25) is 0 Å². The van der Waals surface area contributed by atoms with Gasteiger partial charge in [-0.3, -0.25) is 4.79 Å². The van der Waals surface area contributed by atoms with Crippen molar-refractivity contribution in [3.05, 3.63) is 65.2 Å². The number of carbonyl (C=O) groups excluding carboxylic acids is 1. The largest absolute Gasteiger partial charge is 0.501 e. The standard InChI is InChI=1S/C16H12F5NO3S/c1-9(11-7-6-10(17)8-13(11)18)22-15(23)12-4-2-3-5-14(12)26(24,25)16(19,20)21/h2-9H,1H3,(H,22,23). The van der Waals surface area contributed by atoms with E-state index in [2.05, 4.69) is 5.32 Å². The molecule has 1 amide bonds. The van der Waals surface area contributed by atoms with Crippen molar-refractivity contribution < 1.29 is 35.2 Å². The highest BCUT2D eigenvalue weighted by molar-refractivity contribution is 7.92. The zero-order valence-electron chi connectivity index (χ0n) is 13.1. The molecular formula is C16H12F5NO3S. The first-order valence-corrected chi connectivity index (χ1v) is 8.59. The van der Waals surface area contributed by atoms with Crippen molar-refractivity contribution in [1.29, 1.82) is 0 Å². The fourth-order valence-electron chi connectivity index (χ4n) is 2.22. The maximum Gasteiger partial charge on any atom is 0.501 e. The lowest BCUT2D eigenvalue weighted by molar-refractivity contribution is -0.0436. The first kappa shape index (κ1) is 19.8. The number of amides is 1. The van der Waals surface area contributed by atoms with Gasteiger partial charge in [-0.25, -0.2) is 17.2 Å². The molecule has 1 N–H and O–H groups in total. The van der Waals surface area contributed by atoms with Gasteiger partial charge in [0, 0.05) is 11.6 Å². The van der Waals surface area contributed by atoms with Crippen LogP contribution in [0, 0.1) is 11.6 Å². The molecule has 0 saturated heterocycles.